The van der Waals surface area contributed by atoms with Gasteiger partial charge in [-0.05, 0) is 37.0 Å². The van der Waals surface area contributed by atoms with E-state index in [4.69, 9.17) is 4.74 Å². The summed E-state index contributed by atoms with van der Waals surface area (Å²) in [7, 11) is 0. The predicted octanol–water partition coefficient (Wildman–Crippen LogP) is 0.894. The number of amides is 4. The molecule has 0 bridgehead atoms. The van der Waals surface area contributed by atoms with Crippen LogP contribution in [0.3, 0.4) is 0 Å². The number of allylic oxidation sites excluding steroid dienone is 2. The van der Waals surface area contributed by atoms with Gasteiger partial charge in [0.1, 0.15) is 29.9 Å². The van der Waals surface area contributed by atoms with Crippen molar-refractivity contribution in [1.82, 2.24) is 21.3 Å². The second-order valence-corrected chi connectivity index (χ2v) is 9.85. The van der Waals surface area contributed by atoms with E-state index in [-0.39, 0.29) is 29.7 Å². The molecule has 36 heavy (non-hydrogen) atoms. The number of hydrogen-bond acceptors (Lipinski definition) is 8. The van der Waals surface area contributed by atoms with E-state index in [0.717, 1.165) is 0 Å². The van der Waals surface area contributed by atoms with E-state index in [0.29, 0.717) is 12.2 Å². The maximum Gasteiger partial charge on any atom is 0.329 e. The highest BCUT2D eigenvalue weighted by molar-refractivity contribution is 7.80. The Morgan fingerprint density at radius 2 is 1.58 bits per heavy atom. The van der Waals surface area contributed by atoms with Gasteiger partial charge in [-0.3, -0.25) is 19.2 Å². The third-order valence-corrected chi connectivity index (χ3v) is 6.00. The number of nitrogens with one attached hydrogen (secondary N) is 4. The van der Waals surface area contributed by atoms with Gasteiger partial charge in [0, 0.05) is 5.75 Å². The fourth-order valence-electron chi connectivity index (χ4n) is 3.30. The van der Waals surface area contributed by atoms with Crippen molar-refractivity contribution in [3.8, 4) is 0 Å². The number of carbonyl (C=O) groups excluding carboxylic acids is 5. The lowest BCUT2D eigenvalue weighted by Crippen LogP contribution is -2.57. The first kappa shape index (κ1) is 31.6. The SMILES string of the molecule is C/C=C1\NC(=O)[C@@H](CS)NC(=O)[C@@H](C(C)C)NC(=O)C[C@@H](/C=C/CCS)OC(=O)[C@H](C(C)C)NC1=O. The molecule has 1 rings (SSSR count). The molecule has 0 unspecified atom stereocenters. The van der Waals surface area contributed by atoms with Gasteiger partial charge < -0.3 is 26.0 Å². The molecule has 4 N–H and O–H groups in total. The van der Waals surface area contributed by atoms with Crippen LogP contribution < -0.4 is 21.3 Å². The molecular weight excluding hydrogens is 504 g/mol. The number of hydrogen-bond donors (Lipinski definition) is 6. The standard InChI is InChI=1S/C24H38N4O6S2/c1-6-16-21(30)28-20(14(4)5)24(33)34-15(9-7-8-10-35)11-18(29)27-19(13(2)3)23(32)26-17(12-36)22(31)25-16/h6-7,9,13-15,17,19-20,35-36H,8,10-12H2,1-5H3,(H,25,31)(H,26,32)(H,27,29)(H,28,30)/b9-7+,16-6-/t15-,17-,19-,20+/m1/s1. The lowest BCUT2D eigenvalue weighted by Gasteiger charge is -2.27. The highest BCUT2D eigenvalue weighted by Gasteiger charge is 2.33. The van der Waals surface area contributed by atoms with Crippen LogP contribution in [0.2, 0.25) is 0 Å². The van der Waals surface area contributed by atoms with Gasteiger partial charge in [0.25, 0.3) is 5.91 Å². The van der Waals surface area contributed by atoms with Crippen LogP contribution in [0, 0.1) is 11.8 Å². The number of cyclic esters (lactones) is 1. The Morgan fingerprint density at radius 3 is 2.11 bits per heavy atom. The van der Waals surface area contributed by atoms with Crippen LogP contribution in [-0.2, 0) is 28.7 Å². The monoisotopic (exact) mass is 542 g/mol. The van der Waals surface area contributed by atoms with Gasteiger partial charge in [-0.15, -0.1) is 0 Å². The first-order valence-corrected chi connectivity index (χ1v) is 13.2. The van der Waals surface area contributed by atoms with Gasteiger partial charge in [0.2, 0.25) is 17.7 Å². The third kappa shape index (κ3) is 9.88. The van der Waals surface area contributed by atoms with E-state index >= 15 is 0 Å². The topological polar surface area (TPSA) is 143 Å². The zero-order valence-corrected chi connectivity index (χ0v) is 23.2. The van der Waals surface area contributed by atoms with Crippen LogP contribution in [0.25, 0.3) is 0 Å². The number of rotatable bonds is 6. The van der Waals surface area contributed by atoms with Crippen molar-refractivity contribution in [2.75, 3.05) is 11.5 Å². The van der Waals surface area contributed by atoms with Crippen LogP contribution in [0.5, 0.6) is 0 Å². The molecule has 1 aliphatic rings. The average molecular weight is 543 g/mol. The van der Waals surface area contributed by atoms with Crippen molar-refractivity contribution in [2.24, 2.45) is 11.8 Å². The highest BCUT2D eigenvalue weighted by atomic mass is 32.1. The maximum absolute atomic E-state index is 13.0. The number of thiol groups is 2. The predicted molar refractivity (Wildman–Crippen MR) is 143 cm³/mol. The van der Waals surface area contributed by atoms with Gasteiger partial charge in [0.05, 0.1) is 6.42 Å². The summed E-state index contributed by atoms with van der Waals surface area (Å²) < 4.78 is 5.59. The summed E-state index contributed by atoms with van der Waals surface area (Å²) in [5.41, 5.74) is -0.0921. The van der Waals surface area contributed by atoms with Gasteiger partial charge in [-0.25, -0.2) is 4.79 Å². The van der Waals surface area contributed by atoms with E-state index in [1.165, 1.54) is 6.08 Å². The molecule has 10 nitrogen and oxygen atoms in total. The minimum atomic E-state index is -1.07. The molecule has 4 amide bonds. The zero-order chi connectivity index (χ0) is 27.4. The molecule has 12 heteroatoms. The summed E-state index contributed by atoms with van der Waals surface area (Å²) in [5, 5.41) is 10.3. The second-order valence-electron chi connectivity index (χ2n) is 9.04. The van der Waals surface area contributed by atoms with Gasteiger partial charge in [0.15, 0.2) is 0 Å². The van der Waals surface area contributed by atoms with Crippen molar-refractivity contribution in [2.45, 2.75) is 71.7 Å². The average Bonchev–Trinajstić information content (AvgIpc) is 2.81. The van der Waals surface area contributed by atoms with E-state index < -0.39 is 53.8 Å². The molecule has 0 aliphatic carbocycles. The number of esters is 1. The highest BCUT2D eigenvalue weighted by Crippen LogP contribution is 2.12. The van der Waals surface area contributed by atoms with Gasteiger partial charge in [-0.1, -0.05) is 39.8 Å². The minimum absolute atomic E-state index is 0.0477. The zero-order valence-electron chi connectivity index (χ0n) is 21.4. The smallest absolute Gasteiger partial charge is 0.329 e. The van der Waals surface area contributed by atoms with Crippen LogP contribution in [0.4, 0.5) is 0 Å². The Hall–Kier alpha value is -2.47. The second kappa shape index (κ2) is 15.6. The van der Waals surface area contributed by atoms with Crippen molar-refractivity contribution < 1.29 is 28.7 Å². The van der Waals surface area contributed by atoms with Gasteiger partial charge in [-0.2, -0.15) is 25.3 Å². The lowest BCUT2D eigenvalue weighted by molar-refractivity contribution is -0.153. The lowest BCUT2D eigenvalue weighted by atomic mass is 10.0. The Bertz CT molecular complexity index is 875. The molecule has 0 saturated carbocycles. The molecule has 4 atom stereocenters. The molecule has 1 fully saturated rings. The van der Waals surface area contributed by atoms with Crippen LogP contribution >= 0.6 is 25.3 Å². The van der Waals surface area contributed by atoms with Crippen molar-refractivity contribution in [1.29, 1.82) is 0 Å². The van der Waals surface area contributed by atoms with Crippen LogP contribution in [0.15, 0.2) is 23.9 Å². The summed E-state index contributed by atoms with van der Waals surface area (Å²) in [6.45, 7) is 8.51. The summed E-state index contributed by atoms with van der Waals surface area (Å²) >= 11 is 8.31. The number of carbonyl (C=O) groups is 5. The normalized spacial score (nSPS) is 26.6. The van der Waals surface area contributed by atoms with E-state index in [1.54, 1.807) is 46.8 Å². The quantitative estimate of drug-likeness (QED) is 0.127. The third-order valence-electron chi connectivity index (χ3n) is 5.38. The fraction of sp³-hybridized carbons (Fsp3) is 0.625. The first-order valence-electron chi connectivity index (χ1n) is 11.9. The largest absolute Gasteiger partial charge is 0.456 e. The summed E-state index contributed by atoms with van der Waals surface area (Å²) in [6.07, 6.45) is 4.16. The summed E-state index contributed by atoms with van der Waals surface area (Å²) in [6, 6.07) is -3.06. The van der Waals surface area contributed by atoms with Crippen LogP contribution in [0.1, 0.15) is 47.5 Å². The molecule has 0 aromatic heterocycles. The molecule has 1 aliphatic heterocycles. The van der Waals surface area contributed by atoms with E-state index in [2.05, 4.69) is 46.5 Å². The van der Waals surface area contributed by atoms with Crippen LogP contribution in [-0.4, -0.2) is 65.3 Å². The summed E-state index contributed by atoms with van der Waals surface area (Å²) in [5.74, 6) is -3.32. The molecule has 202 valence electrons. The molecular formula is C24H38N4O6S2. The maximum atomic E-state index is 13.0. The Balaban J connectivity index is 3.43. The van der Waals surface area contributed by atoms with Crippen molar-refractivity contribution in [3.05, 3.63) is 23.9 Å². The van der Waals surface area contributed by atoms with Gasteiger partial charge >= 0.3 is 5.97 Å². The molecule has 1 saturated heterocycles. The Morgan fingerprint density at radius 1 is 0.944 bits per heavy atom. The molecule has 0 spiro atoms. The van der Waals surface area contributed by atoms with E-state index in [1.807, 2.05) is 0 Å². The summed E-state index contributed by atoms with van der Waals surface area (Å²) in [4.78, 5) is 64.5. The molecule has 1 heterocycles. The van der Waals surface area contributed by atoms with E-state index in [9.17, 15) is 24.0 Å². The molecule has 0 aromatic rings. The van der Waals surface area contributed by atoms with Crippen molar-refractivity contribution in [3.63, 3.8) is 0 Å². The minimum Gasteiger partial charge on any atom is -0.456 e. The Kier molecular flexibility index (Phi) is 13.7. The number of ether oxygens (including phenoxy) is 1. The molecule has 0 aromatic carbocycles. The fourth-order valence-corrected chi connectivity index (χ4v) is 3.70. The van der Waals surface area contributed by atoms with Crippen molar-refractivity contribution >= 4 is 54.9 Å². The first-order chi connectivity index (χ1) is 16.9. The Labute approximate surface area is 223 Å². The molecule has 0 radical (unpaired) electrons.